The molecule has 0 fully saturated rings. The minimum absolute atomic E-state index is 0.214. The summed E-state index contributed by atoms with van der Waals surface area (Å²) >= 11 is 0. The number of hydrogen-bond donors (Lipinski definition) is 1. The lowest BCUT2D eigenvalue weighted by Crippen LogP contribution is -2.31. The van der Waals surface area contributed by atoms with E-state index < -0.39 is 5.91 Å². The number of rotatable bonds is 4. The van der Waals surface area contributed by atoms with Gasteiger partial charge < -0.3 is 4.74 Å². The number of hydroxylamine groups is 1. The third-order valence-corrected chi connectivity index (χ3v) is 2.62. The second kappa shape index (κ2) is 6.02. The van der Waals surface area contributed by atoms with Gasteiger partial charge in [0.2, 0.25) is 0 Å². The van der Waals surface area contributed by atoms with Gasteiger partial charge in [-0.05, 0) is 31.2 Å². The van der Waals surface area contributed by atoms with Crippen molar-refractivity contribution in [2.24, 2.45) is 0 Å². The van der Waals surface area contributed by atoms with Crippen LogP contribution >= 0.6 is 0 Å². The predicted octanol–water partition coefficient (Wildman–Crippen LogP) is 2.80. The number of para-hydroxylation sites is 1. The first-order valence-corrected chi connectivity index (χ1v) is 5.93. The molecule has 0 radical (unpaired) electrons. The van der Waals surface area contributed by atoms with Crippen LogP contribution < -0.4 is 9.80 Å². The number of aryl methyl sites for hydroxylation is 1. The average molecular weight is 257 g/mol. The lowest BCUT2D eigenvalue weighted by atomic mass is 10.2. The van der Waals surface area contributed by atoms with Crippen LogP contribution in [-0.4, -0.2) is 17.7 Å². The van der Waals surface area contributed by atoms with E-state index in [9.17, 15) is 10.0 Å². The zero-order valence-electron chi connectivity index (χ0n) is 10.6. The smallest absolute Gasteiger partial charge is 0.288 e. The lowest BCUT2D eigenvalue weighted by Gasteiger charge is -2.15. The summed E-state index contributed by atoms with van der Waals surface area (Å²) in [4.78, 5) is 11.8. The number of carbonyl (C=O) groups is 1. The quantitative estimate of drug-likeness (QED) is 0.677. The maximum absolute atomic E-state index is 11.8. The summed E-state index contributed by atoms with van der Waals surface area (Å²) in [6.45, 7) is 1.72. The molecule has 4 nitrogen and oxygen atoms in total. The third kappa shape index (κ3) is 3.56. The van der Waals surface area contributed by atoms with E-state index in [1.54, 1.807) is 24.3 Å². The Bertz CT molecular complexity index is 537. The zero-order chi connectivity index (χ0) is 13.7. The largest absolute Gasteiger partial charge is 0.484 e. The highest BCUT2D eigenvalue weighted by Crippen LogP contribution is 2.14. The van der Waals surface area contributed by atoms with Gasteiger partial charge in [-0.3, -0.25) is 10.0 Å². The van der Waals surface area contributed by atoms with Gasteiger partial charge in [0.15, 0.2) is 6.61 Å². The van der Waals surface area contributed by atoms with Crippen molar-refractivity contribution in [1.29, 1.82) is 0 Å². The van der Waals surface area contributed by atoms with Gasteiger partial charge in [-0.25, -0.2) is 0 Å². The van der Waals surface area contributed by atoms with Crippen LogP contribution in [0.15, 0.2) is 54.6 Å². The topological polar surface area (TPSA) is 49.8 Å². The summed E-state index contributed by atoms with van der Waals surface area (Å²) in [6.07, 6.45) is 0. The van der Waals surface area contributed by atoms with Gasteiger partial charge in [0.25, 0.3) is 5.91 Å². The van der Waals surface area contributed by atoms with E-state index in [4.69, 9.17) is 4.74 Å². The number of benzene rings is 2. The second-order valence-corrected chi connectivity index (χ2v) is 4.14. The lowest BCUT2D eigenvalue weighted by molar-refractivity contribution is -0.125. The van der Waals surface area contributed by atoms with Gasteiger partial charge in [-0.1, -0.05) is 35.9 Å². The summed E-state index contributed by atoms with van der Waals surface area (Å²) in [5.74, 6) is 0.0702. The van der Waals surface area contributed by atoms with Crippen LogP contribution in [0, 0.1) is 6.92 Å². The van der Waals surface area contributed by atoms with E-state index in [1.807, 2.05) is 37.3 Å². The molecule has 2 rings (SSSR count). The summed E-state index contributed by atoms with van der Waals surface area (Å²) in [7, 11) is 0. The zero-order valence-corrected chi connectivity index (χ0v) is 10.6. The SMILES string of the molecule is Cc1ccc(N(O)C(=O)COc2ccccc2)cc1. The van der Waals surface area contributed by atoms with Gasteiger partial charge in [0.05, 0.1) is 5.69 Å². The maximum atomic E-state index is 11.8. The second-order valence-electron chi connectivity index (χ2n) is 4.14. The van der Waals surface area contributed by atoms with E-state index in [-0.39, 0.29) is 6.61 Å². The number of carbonyl (C=O) groups excluding carboxylic acids is 1. The Morgan fingerprint density at radius 2 is 1.74 bits per heavy atom. The van der Waals surface area contributed by atoms with Crippen molar-refractivity contribution in [2.75, 3.05) is 11.7 Å². The number of hydrogen-bond acceptors (Lipinski definition) is 3. The Hall–Kier alpha value is -2.33. The van der Waals surface area contributed by atoms with Crippen LogP contribution in [0.3, 0.4) is 0 Å². The highest BCUT2D eigenvalue weighted by molar-refractivity contribution is 5.92. The number of amides is 1. The van der Waals surface area contributed by atoms with E-state index in [1.165, 1.54) is 0 Å². The van der Waals surface area contributed by atoms with Gasteiger partial charge >= 0.3 is 0 Å². The summed E-state index contributed by atoms with van der Waals surface area (Å²) in [5, 5.41) is 10.4. The highest BCUT2D eigenvalue weighted by atomic mass is 16.5. The molecule has 2 aromatic carbocycles. The minimum Gasteiger partial charge on any atom is -0.484 e. The van der Waals surface area contributed by atoms with Crippen molar-refractivity contribution in [3.05, 3.63) is 60.2 Å². The Morgan fingerprint density at radius 1 is 1.11 bits per heavy atom. The first-order chi connectivity index (χ1) is 9.16. The molecule has 98 valence electrons. The van der Waals surface area contributed by atoms with Crippen molar-refractivity contribution in [3.8, 4) is 5.75 Å². The van der Waals surface area contributed by atoms with Crippen molar-refractivity contribution in [3.63, 3.8) is 0 Å². The molecule has 0 aromatic heterocycles. The Labute approximate surface area is 111 Å². The van der Waals surface area contributed by atoms with E-state index >= 15 is 0 Å². The normalized spacial score (nSPS) is 10.0. The molecule has 0 bridgehead atoms. The summed E-state index contributed by atoms with van der Waals surface area (Å²) in [6, 6.07) is 16.0. The van der Waals surface area contributed by atoms with Gasteiger partial charge in [0, 0.05) is 0 Å². The number of ether oxygens (including phenoxy) is 1. The molecule has 0 saturated carbocycles. The van der Waals surface area contributed by atoms with Crippen molar-refractivity contribution in [2.45, 2.75) is 6.92 Å². The first kappa shape index (κ1) is 13.1. The van der Waals surface area contributed by atoms with Crippen LogP contribution in [0.4, 0.5) is 5.69 Å². The van der Waals surface area contributed by atoms with Gasteiger partial charge in [-0.15, -0.1) is 0 Å². The summed E-state index contributed by atoms with van der Waals surface area (Å²) in [5.41, 5.74) is 1.48. The molecular formula is C15H15NO3. The fourth-order valence-corrected chi connectivity index (χ4v) is 1.55. The molecule has 1 amide bonds. The molecule has 1 N–H and O–H groups in total. The standard InChI is InChI=1S/C15H15NO3/c1-12-7-9-13(10-8-12)16(18)15(17)11-19-14-5-3-2-4-6-14/h2-10,18H,11H2,1H3. The van der Waals surface area contributed by atoms with Crippen molar-refractivity contribution >= 4 is 11.6 Å². The number of anilines is 1. The number of nitrogens with zero attached hydrogens (tertiary/aromatic N) is 1. The van der Waals surface area contributed by atoms with Crippen LogP contribution in [0.5, 0.6) is 5.75 Å². The van der Waals surface area contributed by atoms with Crippen molar-refractivity contribution in [1.82, 2.24) is 0 Å². The van der Waals surface area contributed by atoms with Gasteiger partial charge in [-0.2, -0.15) is 5.06 Å². The first-order valence-electron chi connectivity index (χ1n) is 5.93. The molecule has 0 aliphatic carbocycles. The molecule has 0 heterocycles. The summed E-state index contributed by atoms with van der Waals surface area (Å²) < 4.78 is 5.28. The molecule has 4 heteroatoms. The molecule has 2 aromatic rings. The molecule has 0 aliphatic heterocycles. The Morgan fingerprint density at radius 3 is 2.37 bits per heavy atom. The molecule has 0 saturated heterocycles. The average Bonchev–Trinajstić information content (AvgIpc) is 2.46. The Kier molecular flexibility index (Phi) is 4.15. The van der Waals surface area contributed by atoms with Crippen molar-refractivity contribution < 1.29 is 14.7 Å². The molecule has 0 spiro atoms. The van der Waals surface area contributed by atoms with Gasteiger partial charge in [0.1, 0.15) is 5.75 Å². The van der Waals surface area contributed by atoms with Crippen LogP contribution in [-0.2, 0) is 4.79 Å². The van der Waals surface area contributed by atoms with E-state index in [0.29, 0.717) is 16.5 Å². The van der Waals surface area contributed by atoms with Crippen LogP contribution in [0.2, 0.25) is 0 Å². The molecule has 0 unspecified atom stereocenters. The molecular weight excluding hydrogens is 242 g/mol. The molecule has 19 heavy (non-hydrogen) atoms. The molecule has 0 aliphatic rings. The maximum Gasteiger partial charge on any atom is 0.288 e. The fourth-order valence-electron chi connectivity index (χ4n) is 1.55. The predicted molar refractivity (Wildman–Crippen MR) is 72.4 cm³/mol. The third-order valence-electron chi connectivity index (χ3n) is 2.62. The van der Waals surface area contributed by atoms with E-state index in [2.05, 4.69) is 0 Å². The van der Waals surface area contributed by atoms with Crippen LogP contribution in [0.1, 0.15) is 5.56 Å². The minimum atomic E-state index is -0.521. The van der Waals surface area contributed by atoms with Crippen LogP contribution in [0.25, 0.3) is 0 Å². The van der Waals surface area contributed by atoms with E-state index in [0.717, 1.165) is 5.56 Å². The fraction of sp³-hybridized carbons (Fsp3) is 0.133. The highest BCUT2D eigenvalue weighted by Gasteiger charge is 2.13. The monoisotopic (exact) mass is 257 g/mol. The Balaban J connectivity index is 1.94. The molecule has 0 atom stereocenters.